The second-order valence-corrected chi connectivity index (χ2v) is 7.90. The van der Waals surface area contributed by atoms with Gasteiger partial charge in [0.1, 0.15) is 17.9 Å². The molecule has 2 fully saturated rings. The van der Waals surface area contributed by atoms with E-state index in [0.29, 0.717) is 29.5 Å². The molecule has 1 aromatic carbocycles. The number of benzene rings is 1. The first-order chi connectivity index (χ1) is 12.4. The number of likely N-dealkylation sites (tertiary alicyclic amines) is 1. The Hall–Kier alpha value is -1.79. The summed E-state index contributed by atoms with van der Waals surface area (Å²) in [5, 5.41) is 3.57. The van der Waals surface area contributed by atoms with E-state index >= 15 is 0 Å². The van der Waals surface area contributed by atoms with Gasteiger partial charge in [-0.3, -0.25) is 9.69 Å². The van der Waals surface area contributed by atoms with Crippen LogP contribution in [-0.4, -0.2) is 60.1 Å². The first-order valence-corrected chi connectivity index (χ1v) is 9.52. The van der Waals surface area contributed by atoms with E-state index in [1.54, 1.807) is 24.3 Å². The first kappa shape index (κ1) is 19.0. The topological polar surface area (TPSA) is 61.9 Å². The number of urea groups is 1. The van der Waals surface area contributed by atoms with E-state index in [9.17, 15) is 9.59 Å². The van der Waals surface area contributed by atoms with Crippen molar-refractivity contribution >= 4 is 23.5 Å². The predicted molar refractivity (Wildman–Crippen MR) is 100 cm³/mol. The Morgan fingerprint density at radius 1 is 1.19 bits per heavy atom. The maximum atomic E-state index is 12.9. The van der Waals surface area contributed by atoms with Crippen molar-refractivity contribution in [2.24, 2.45) is 5.92 Å². The third-order valence-electron chi connectivity index (χ3n) is 4.98. The molecule has 0 radical (unpaired) electrons. The van der Waals surface area contributed by atoms with Crippen LogP contribution in [-0.2, 0) is 4.79 Å². The van der Waals surface area contributed by atoms with Crippen molar-refractivity contribution < 1.29 is 14.3 Å². The van der Waals surface area contributed by atoms with Crippen molar-refractivity contribution in [1.29, 1.82) is 0 Å². The molecule has 2 aliphatic heterocycles. The van der Waals surface area contributed by atoms with Crippen molar-refractivity contribution in [3.8, 4) is 5.75 Å². The van der Waals surface area contributed by atoms with Crippen LogP contribution in [0.5, 0.6) is 5.75 Å². The molecule has 2 saturated heterocycles. The summed E-state index contributed by atoms with van der Waals surface area (Å²) >= 11 is 5.84. The highest BCUT2D eigenvalue weighted by Crippen LogP contribution is 2.29. The van der Waals surface area contributed by atoms with Gasteiger partial charge in [-0.05, 0) is 43.0 Å². The minimum absolute atomic E-state index is 0.119. The fourth-order valence-electron chi connectivity index (χ4n) is 3.64. The number of piperidine rings is 1. The number of halogens is 1. The molecule has 26 heavy (non-hydrogen) atoms. The van der Waals surface area contributed by atoms with E-state index in [0.717, 1.165) is 19.6 Å². The van der Waals surface area contributed by atoms with Gasteiger partial charge in [0.15, 0.2) is 0 Å². The molecule has 0 atom stereocenters. The molecule has 3 rings (SSSR count). The fraction of sp³-hybridized carbons (Fsp3) is 0.579. The number of hydrogen-bond acceptors (Lipinski definition) is 4. The van der Waals surface area contributed by atoms with Gasteiger partial charge >= 0.3 is 6.03 Å². The van der Waals surface area contributed by atoms with Crippen LogP contribution in [0.25, 0.3) is 0 Å². The van der Waals surface area contributed by atoms with Gasteiger partial charge in [0.25, 0.3) is 5.91 Å². The predicted octanol–water partition coefficient (Wildman–Crippen LogP) is 2.76. The van der Waals surface area contributed by atoms with Crippen LogP contribution in [0.15, 0.2) is 24.3 Å². The Bertz CT molecular complexity index is 654. The maximum Gasteiger partial charge on any atom is 0.325 e. The molecule has 0 saturated carbocycles. The third-order valence-corrected chi connectivity index (χ3v) is 5.23. The van der Waals surface area contributed by atoms with Crippen LogP contribution in [0, 0.1) is 5.92 Å². The summed E-state index contributed by atoms with van der Waals surface area (Å²) in [5.41, 5.74) is -0.731. The standard InChI is InChI=1S/C19H26ClN3O3/c1-14(2)13-22-9-7-19(8-10-22)17(24)23(18(25)21-19)11-12-26-16-5-3-15(20)4-6-16/h3-6,14H,7-13H2,1-2H3,(H,21,25). The van der Waals surface area contributed by atoms with E-state index in [2.05, 4.69) is 24.1 Å². The highest BCUT2D eigenvalue weighted by molar-refractivity contribution is 6.30. The number of hydrogen-bond donors (Lipinski definition) is 1. The Morgan fingerprint density at radius 3 is 2.46 bits per heavy atom. The zero-order chi connectivity index (χ0) is 18.7. The normalized spacial score (nSPS) is 20.1. The Labute approximate surface area is 159 Å². The number of imide groups is 1. The van der Waals surface area contributed by atoms with Crippen molar-refractivity contribution in [2.75, 3.05) is 32.8 Å². The van der Waals surface area contributed by atoms with Crippen LogP contribution < -0.4 is 10.1 Å². The number of rotatable bonds is 6. The molecule has 1 spiro atoms. The maximum absolute atomic E-state index is 12.9. The summed E-state index contributed by atoms with van der Waals surface area (Å²) in [6, 6.07) is 6.70. The molecule has 142 valence electrons. The number of amides is 3. The monoisotopic (exact) mass is 379 g/mol. The molecule has 2 heterocycles. The molecule has 1 N–H and O–H groups in total. The largest absolute Gasteiger partial charge is 0.492 e. The van der Waals surface area contributed by atoms with Gasteiger partial charge < -0.3 is 15.0 Å². The summed E-state index contributed by atoms with van der Waals surface area (Å²) in [6.07, 6.45) is 1.33. The average molecular weight is 380 g/mol. The van der Waals surface area contributed by atoms with Gasteiger partial charge in [-0.25, -0.2) is 4.79 Å². The summed E-state index contributed by atoms with van der Waals surface area (Å²) in [5.74, 6) is 1.14. The van der Waals surface area contributed by atoms with Gasteiger partial charge in [-0.15, -0.1) is 0 Å². The number of carbonyl (C=O) groups excluding carboxylic acids is 2. The smallest absolute Gasteiger partial charge is 0.325 e. The molecule has 0 bridgehead atoms. The number of nitrogens with zero attached hydrogens (tertiary/aromatic N) is 2. The highest BCUT2D eigenvalue weighted by Gasteiger charge is 2.52. The van der Waals surface area contributed by atoms with Crippen LogP contribution in [0.3, 0.4) is 0 Å². The fourth-order valence-corrected chi connectivity index (χ4v) is 3.76. The van der Waals surface area contributed by atoms with Crippen molar-refractivity contribution in [2.45, 2.75) is 32.2 Å². The molecule has 1 aromatic rings. The molecule has 3 amide bonds. The molecule has 6 nitrogen and oxygen atoms in total. The molecule has 2 aliphatic rings. The molecule has 0 aromatic heterocycles. The second-order valence-electron chi connectivity index (χ2n) is 7.47. The van der Waals surface area contributed by atoms with E-state index in [4.69, 9.17) is 16.3 Å². The summed E-state index contributed by atoms with van der Waals surface area (Å²) in [4.78, 5) is 28.8. The van der Waals surface area contributed by atoms with Crippen LogP contribution in [0.4, 0.5) is 4.79 Å². The average Bonchev–Trinajstić information content (AvgIpc) is 2.82. The van der Waals surface area contributed by atoms with Gasteiger partial charge in [0.05, 0.1) is 6.54 Å². The molecule has 7 heteroatoms. The van der Waals surface area contributed by atoms with E-state index < -0.39 is 5.54 Å². The van der Waals surface area contributed by atoms with Crippen LogP contribution >= 0.6 is 11.6 Å². The molecular formula is C19H26ClN3O3. The number of ether oxygens (including phenoxy) is 1. The second kappa shape index (κ2) is 7.84. The van der Waals surface area contributed by atoms with Gasteiger partial charge in [0.2, 0.25) is 0 Å². The molecular weight excluding hydrogens is 354 g/mol. The highest BCUT2D eigenvalue weighted by atomic mass is 35.5. The lowest BCUT2D eigenvalue weighted by Gasteiger charge is -2.37. The van der Waals surface area contributed by atoms with Crippen LogP contribution in [0.1, 0.15) is 26.7 Å². The number of nitrogens with one attached hydrogen (secondary N) is 1. The summed E-state index contributed by atoms with van der Waals surface area (Å²) in [7, 11) is 0. The lowest BCUT2D eigenvalue weighted by atomic mass is 9.87. The zero-order valence-corrected chi connectivity index (χ0v) is 16.1. The van der Waals surface area contributed by atoms with E-state index in [-0.39, 0.29) is 25.1 Å². The Kier molecular flexibility index (Phi) is 5.73. The van der Waals surface area contributed by atoms with Gasteiger partial charge in [0, 0.05) is 24.7 Å². The van der Waals surface area contributed by atoms with Crippen LogP contribution in [0.2, 0.25) is 5.02 Å². The Morgan fingerprint density at radius 2 is 1.85 bits per heavy atom. The van der Waals surface area contributed by atoms with E-state index in [1.165, 1.54) is 4.90 Å². The summed E-state index contributed by atoms with van der Waals surface area (Å²) < 4.78 is 5.62. The molecule has 0 unspecified atom stereocenters. The first-order valence-electron chi connectivity index (χ1n) is 9.14. The van der Waals surface area contributed by atoms with Gasteiger partial charge in [-0.2, -0.15) is 0 Å². The quantitative estimate of drug-likeness (QED) is 0.772. The van der Waals surface area contributed by atoms with Crippen molar-refractivity contribution in [3.63, 3.8) is 0 Å². The van der Waals surface area contributed by atoms with E-state index in [1.807, 2.05) is 0 Å². The Balaban J connectivity index is 1.53. The lowest BCUT2D eigenvalue weighted by Crippen LogP contribution is -2.55. The third kappa shape index (κ3) is 4.13. The minimum atomic E-state index is -0.731. The van der Waals surface area contributed by atoms with Gasteiger partial charge in [-0.1, -0.05) is 25.4 Å². The molecule has 0 aliphatic carbocycles. The SMILES string of the molecule is CC(C)CN1CCC2(CC1)NC(=O)N(CCOc1ccc(Cl)cc1)C2=O. The zero-order valence-electron chi connectivity index (χ0n) is 15.3. The summed E-state index contributed by atoms with van der Waals surface area (Å²) in [6.45, 7) is 7.57. The lowest BCUT2D eigenvalue weighted by molar-refractivity contribution is -0.133. The van der Waals surface area contributed by atoms with Crippen molar-refractivity contribution in [1.82, 2.24) is 15.1 Å². The minimum Gasteiger partial charge on any atom is -0.492 e. The van der Waals surface area contributed by atoms with Crippen molar-refractivity contribution in [3.05, 3.63) is 29.3 Å². The number of carbonyl (C=O) groups is 2.